The quantitative estimate of drug-likeness (QED) is 0.750. The van der Waals surface area contributed by atoms with Crippen LogP contribution >= 0.6 is 11.6 Å². The zero-order valence-corrected chi connectivity index (χ0v) is 11.7. The highest BCUT2D eigenvalue weighted by molar-refractivity contribution is 6.30. The summed E-state index contributed by atoms with van der Waals surface area (Å²) < 4.78 is 5.78. The molecule has 0 bridgehead atoms. The maximum atomic E-state index is 5.97. The molecule has 1 N–H and O–H groups in total. The number of nitrogens with one attached hydrogen (secondary N) is 1. The van der Waals surface area contributed by atoms with Gasteiger partial charge in [-0.05, 0) is 50.1 Å². The summed E-state index contributed by atoms with van der Waals surface area (Å²) in [5, 5.41) is 4.13. The number of rotatable bonds is 7. The van der Waals surface area contributed by atoms with Gasteiger partial charge in [-0.1, -0.05) is 24.9 Å². The Hall–Kier alpha value is -0.730. The molecule has 0 amide bonds. The van der Waals surface area contributed by atoms with Crippen LogP contribution in [0.5, 0.6) is 5.75 Å². The first-order chi connectivity index (χ1) is 8.15. The number of benzene rings is 1. The molecule has 0 atom stereocenters. The van der Waals surface area contributed by atoms with Gasteiger partial charge in [-0.25, -0.2) is 0 Å². The summed E-state index contributed by atoms with van der Waals surface area (Å²) in [5.41, 5.74) is 2.20. The largest absolute Gasteiger partial charge is 0.492 e. The van der Waals surface area contributed by atoms with Gasteiger partial charge in [0.1, 0.15) is 12.4 Å². The van der Waals surface area contributed by atoms with Gasteiger partial charge in [0, 0.05) is 11.6 Å². The van der Waals surface area contributed by atoms with Gasteiger partial charge in [0.05, 0.1) is 0 Å². The van der Waals surface area contributed by atoms with Crippen molar-refractivity contribution in [3.63, 3.8) is 0 Å². The van der Waals surface area contributed by atoms with Crippen molar-refractivity contribution in [1.82, 2.24) is 5.32 Å². The second kappa shape index (κ2) is 7.57. The first-order valence-electron chi connectivity index (χ1n) is 6.25. The highest BCUT2D eigenvalue weighted by atomic mass is 35.5. The molecular weight excluding hydrogens is 234 g/mol. The van der Waals surface area contributed by atoms with E-state index in [9.17, 15) is 0 Å². The molecule has 0 heterocycles. The molecule has 0 saturated heterocycles. The topological polar surface area (TPSA) is 21.3 Å². The normalized spacial score (nSPS) is 10.6. The molecule has 0 radical (unpaired) electrons. The molecule has 17 heavy (non-hydrogen) atoms. The van der Waals surface area contributed by atoms with Crippen LogP contribution in [0.3, 0.4) is 0 Å². The molecule has 1 rings (SSSR count). The summed E-state index contributed by atoms with van der Waals surface area (Å²) in [6.45, 7) is 8.91. The van der Waals surface area contributed by atoms with Crippen LogP contribution in [-0.4, -0.2) is 19.7 Å². The highest BCUT2D eigenvalue weighted by Gasteiger charge is 2.05. The standard InChI is InChI=1S/C14H22ClNO/c1-4-5-6-16-7-8-17-14-11(2)9-13(15)10-12(14)3/h9-10,16H,4-8H2,1-3H3. The molecule has 0 unspecified atom stereocenters. The van der Waals surface area contributed by atoms with E-state index in [4.69, 9.17) is 16.3 Å². The van der Waals surface area contributed by atoms with Crippen molar-refractivity contribution in [3.8, 4) is 5.75 Å². The molecule has 2 nitrogen and oxygen atoms in total. The van der Waals surface area contributed by atoms with Gasteiger partial charge in [0.25, 0.3) is 0 Å². The van der Waals surface area contributed by atoms with Gasteiger partial charge in [-0.2, -0.15) is 0 Å². The smallest absolute Gasteiger partial charge is 0.125 e. The Kier molecular flexibility index (Phi) is 6.38. The zero-order chi connectivity index (χ0) is 12.7. The lowest BCUT2D eigenvalue weighted by Crippen LogP contribution is -2.22. The summed E-state index contributed by atoms with van der Waals surface area (Å²) in [4.78, 5) is 0. The van der Waals surface area contributed by atoms with Crippen LogP contribution in [0.1, 0.15) is 30.9 Å². The molecule has 0 saturated carbocycles. The Bertz CT molecular complexity index is 329. The first kappa shape index (κ1) is 14.3. The van der Waals surface area contributed by atoms with Crippen molar-refractivity contribution in [1.29, 1.82) is 0 Å². The molecule has 0 aliphatic heterocycles. The average Bonchev–Trinajstić information content (AvgIpc) is 2.26. The SMILES string of the molecule is CCCCNCCOc1c(C)cc(Cl)cc1C. The third kappa shape index (κ3) is 4.97. The van der Waals surface area contributed by atoms with Crippen LogP contribution in [0.4, 0.5) is 0 Å². The number of hydrogen-bond acceptors (Lipinski definition) is 2. The number of ether oxygens (including phenoxy) is 1. The zero-order valence-electron chi connectivity index (χ0n) is 11.0. The van der Waals surface area contributed by atoms with Crippen molar-refractivity contribution in [2.75, 3.05) is 19.7 Å². The van der Waals surface area contributed by atoms with E-state index >= 15 is 0 Å². The van der Waals surface area contributed by atoms with Crippen LogP contribution in [0.15, 0.2) is 12.1 Å². The van der Waals surface area contributed by atoms with E-state index in [1.807, 2.05) is 26.0 Å². The van der Waals surface area contributed by atoms with Gasteiger partial charge in [-0.3, -0.25) is 0 Å². The maximum Gasteiger partial charge on any atom is 0.125 e. The van der Waals surface area contributed by atoms with E-state index < -0.39 is 0 Å². The summed E-state index contributed by atoms with van der Waals surface area (Å²) >= 11 is 5.97. The lowest BCUT2D eigenvalue weighted by Gasteiger charge is -2.13. The van der Waals surface area contributed by atoms with Crippen LogP contribution in [0.2, 0.25) is 5.02 Å². The van der Waals surface area contributed by atoms with Gasteiger partial charge in [-0.15, -0.1) is 0 Å². The Morgan fingerprint density at radius 2 is 1.82 bits per heavy atom. The first-order valence-corrected chi connectivity index (χ1v) is 6.63. The molecule has 1 aromatic carbocycles. The second-order valence-electron chi connectivity index (χ2n) is 4.32. The fourth-order valence-electron chi connectivity index (χ4n) is 1.78. The third-order valence-corrected chi connectivity index (χ3v) is 2.88. The fraction of sp³-hybridized carbons (Fsp3) is 0.571. The second-order valence-corrected chi connectivity index (χ2v) is 4.76. The van der Waals surface area contributed by atoms with E-state index in [0.29, 0.717) is 6.61 Å². The van der Waals surface area contributed by atoms with Crippen molar-refractivity contribution in [2.24, 2.45) is 0 Å². The minimum atomic E-state index is 0.701. The number of aryl methyl sites for hydroxylation is 2. The Labute approximate surface area is 109 Å². The molecule has 0 fully saturated rings. The summed E-state index contributed by atoms with van der Waals surface area (Å²) in [6, 6.07) is 3.88. The monoisotopic (exact) mass is 255 g/mol. The van der Waals surface area contributed by atoms with Gasteiger partial charge in [0.2, 0.25) is 0 Å². The molecule has 3 heteroatoms. The van der Waals surface area contributed by atoms with E-state index in [2.05, 4.69) is 12.2 Å². The van der Waals surface area contributed by atoms with Crippen LogP contribution in [-0.2, 0) is 0 Å². The number of unbranched alkanes of at least 4 members (excludes halogenated alkanes) is 1. The molecule has 0 aromatic heterocycles. The molecule has 1 aromatic rings. The number of hydrogen-bond donors (Lipinski definition) is 1. The predicted octanol–water partition coefficient (Wildman–Crippen LogP) is 3.73. The van der Waals surface area contributed by atoms with Crippen molar-refractivity contribution in [3.05, 3.63) is 28.3 Å². The van der Waals surface area contributed by atoms with Crippen molar-refractivity contribution < 1.29 is 4.74 Å². The summed E-state index contributed by atoms with van der Waals surface area (Å²) in [5.74, 6) is 0.965. The minimum absolute atomic E-state index is 0.701. The third-order valence-electron chi connectivity index (χ3n) is 2.66. The molecular formula is C14H22ClNO. The van der Waals surface area contributed by atoms with Crippen molar-refractivity contribution >= 4 is 11.6 Å². The van der Waals surface area contributed by atoms with Gasteiger partial charge >= 0.3 is 0 Å². The van der Waals surface area contributed by atoms with E-state index in [1.165, 1.54) is 12.8 Å². The lowest BCUT2D eigenvalue weighted by atomic mass is 10.1. The minimum Gasteiger partial charge on any atom is -0.492 e. The van der Waals surface area contributed by atoms with Gasteiger partial charge in [0.15, 0.2) is 0 Å². The summed E-state index contributed by atoms with van der Waals surface area (Å²) in [7, 11) is 0. The predicted molar refractivity (Wildman–Crippen MR) is 74.2 cm³/mol. The fourth-order valence-corrected chi connectivity index (χ4v) is 2.10. The van der Waals surface area contributed by atoms with E-state index in [1.54, 1.807) is 0 Å². The van der Waals surface area contributed by atoms with E-state index in [-0.39, 0.29) is 0 Å². The Morgan fingerprint density at radius 3 is 2.41 bits per heavy atom. The van der Waals surface area contributed by atoms with E-state index in [0.717, 1.165) is 35.0 Å². The molecule has 96 valence electrons. The number of halogens is 1. The Balaban J connectivity index is 2.36. The Morgan fingerprint density at radius 1 is 1.18 bits per heavy atom. The highest BCUT2D eigenvalue weighted by Crippen LogP contribution is 2.26. The van der Waals surface area contributed by atoms with Gasteiger partial charge < -0.3 is 10.1 Å². The molecule has 0 aliphatic carbocycles. The van der Waals surface area contributed by atoms with Crippen LogP contribution in [0.25, 0.3) is 0 Å². The van der Waals surface area contributed by atoms with Crippen molar-refractivity contribution in [2.45, 2.75) is 33.6 Å². The molecule has 0 spiro atoms. The summed E-state index contributed by atoms with van der Waals surface area (Å²) in [6.07, 6.45) is 2.45. The average molecular weight is 256 g/mol. The van der Waals surface area contributed by atoms with Crippen LogP contribution in [0, 0.1) is 13.8 Å². The molecule has 0 aliphatic rings. The maximum absolute atomic E-state index is 5.97. The van der Waals surface area contributed by atoms with Crippen LogP contribution < -0.4 is 10.1 Å². The lowest BCUT2D eigenvalue weighted by molar-refractivity contribution is 0.310.